The van der Waals surface area contributed by atoms with Crippen LogP contribution < -0.4 is 10.6 Å². The standard InChI is InChI=1S/C16H29N3O3/c20-15(11-22-10-12-1-2-12)9-18-13-3-5-14(6-4-13)19-8-7-17-16(19)21/h12-15,18,20H,1-11H2,(H,17,21). The Kier molecular flexibility index (Phi) is 5.55. The predicted octanol–water partition coefficient (Wildman–Crippen LogP) is 0.700. The molecule has 0 radical (unpaired) electrons. The molecule has 0 aromatic rings. The van der Waals surface area contributed by atoms with E-state index in [2.05, 4.69) is 10.6 Å². The molecule has 1 aliphatic heterocycles. The molecule has 0 aromatic heterocycles. The fourth-order valence-corrected chi connectivity index (χ4v) is 3.44. The molecule has 2 saturated carbocycles. The molecule has 3 rings (SSSR count). The third-order valence-corrected chi connectivity index (χ3v) is 5.03. The van der Waals surface area contributed by atoms with E-state index < -0.39 is 6.10 Å². The topological polar surface area (TPSA) is 73.8 Å². The van der Waals surface area contributed by atoms with Crippen molar-refractivity contribution in [2.24, 2.45) is 5.92 Å². The minimum Gasteiger partial charge on any atom is -0.389 e. The Morgan fingerprint density at radius 3 is 2.68 bits per heavy atom. The number of carbonyl (C=O) groups is 1. The number of hydrogen-bond donors (Lipinski definition) is 3. The van der Waals surface area contributed by atoms with E-state index in [1.807, 2.05) is 4.90 Å². The van der Waals surface area contributed by atoms with Gasteiger partial charge in [0, 0.05) is 38.3 Å². The number of aliphatic hydroxyl groups is 1. The summed E-state index contributed by atoms with van der Waals surface area (Å²) in [5.74, 6) is 0.748. The van der Waals surface area contributed by atoms with Crippen molar-refractivity contribution in [2.75, 3.05) is 32.8 Å². The summed E-state index contributed by atoms with van der Waals surface area (Å²) in [6.45, 7) is 3.47. The Morgan fingerprint density at radius 2 is 2.05 bits per heavy atom. The maximum Gasteiger partial charge on any atom is 0.317 e. The normalized spacial score (nSPS) is 30.4. The quantitative estimate of drug-likeness (QED) is 0.617. The molecule has 6 heteroatoms. The lowest BCUT2D eigenvalue weighted by Crippen LogP contribution is -2.45. The van der Waals surface area contributed by atoms with Gasteiger partial charge in [0.25, 0.3) is 0 Å². The Hall–Kier alpha value is -0.850. The summed E-state index contributed by atoms with van der Waals surface area (Å²) in [5.41, 5.74) is 0. The van der Waals surface area contributed by atoms with Gasteiger partial charge < -0.3 is 25.4 Å². The van der Waals surface area contributed by atoms with Crippen molar-refractivity contribution in [1.82, 2.24) is 15.5 Å². The number of nitrogens with one attached hydrogen (secondary N) is 2. The number of ether oxygens (including phenoxy) is 1. The summed E-state index contributed by atoms with van der Waals surface area (Å²) in [6.07, 6.45) is 6.41. The Bertz CT molecular complexity index is 368. The number of urea groups is 1. The zero-order valence-corrected chi connectivity index (χ0v) is 13.3. The first-order valence-corrected chi connectivity index (χ1v) is 8.76. The molecule has 126 valence electrons. The van der Waals surface area contributed by atoms with Gasteiger partial charge in [-0.3, -0.25) is 0 Å². The van der Waals surface area contributed by atoms with Gasteiger partial charge in [0.1, 0.15) is 0 Å². The third kappa shape index (κ3) is 4.57. The molecule has 3 N–H and O–H groups in total. The lowest BCUT2D eigenvalue weighted by atomic mass is 9.90. The van der Waals surface area contributed by atoms with E-state index in [1.165, 1.54) is 12.8 Å². The molecule has 1 saturated heterocycles. The van der Waals surface area contributed by atoms with Crippen LogP contribution in [-0.2, 0) is 4.74 Å². The van der Waals surface area contributed by atoms with Crippen molar-refractivity contribution in [2.45, 2.75) is 56.7 Å². The SMILES string of the molecule is O=C1NCCN1C1CCC(NCC(O)COCC2CC2)CC1. The Balaban J connectivity index is 1.27. The van der Waals surface area contributed by atoms with Crippen molar-refractivity contribution in [3.63, 3.8) is 0 Å². The summed E-state index contributed by atoms with van der Waals surface area (Å²) in [5, 5.41) is 16.2. The lowest BCUT2D eigenvalue weighted by Gasteiger charge is -2.34. The molecule has 0 bridgehead atoms. The van der Waals surface area contributed by atoms with E-state index in [1.54, 1.807) is 0 Å². The van der Waals surface area contributed by atoms with Gasteiger partial charge in [-0.25, -0.2) is 4.79 Å². The van der Waals surface area contributed by atoms with E-state index in [0.717, 1.165) is 51.3 Å². The van der Waals surface area contributed by atoms with Crippen LogP contribution in [0.1, 0.15) is 38.5 Å². The van der Waals surface area contributed by atoms with E-state index in [4.69, 9.17) is 4.74 Å². The summed E-state index contributed by atoms with van der Waals surface area (Å²) >= 11 is 0. The first kappa shape index (κ1) is 16.0. The fourth-order valence-electron chi connectivity index (χ4n) is 3.44. The van der Waals surface area contributed by atoms with Crippen molar-refractivity contribution < 1.29 is 14.6 Å². The minimum absolute atomic E-state index is 0.0969. The number of nitrogens with zero attached hydrogens (tertiary/aromatic N) is 1. The second-order valence-corrected chi connectivity index (χ2v) is 6.97. The monoisotopic (exact) mass is 311 g/mol. The van der Waals surface area contributed by atoms with Crippen LogP contribution in [0.15, 0.2) is 0 Å². The van der Waals surface area contributed by atoms with E-state index in [-0.39, 0.29) is 6.03 Å². The first-order chi connectivity index (χ1) is 10.7. The average molecular weight is 311 g/mol. The fraction of sp³-hybridized carbons (Fsp3) is 0.938. The summed E-state index contributed by atoms with van der Waals surface area (Å²) < 4.78 is 5.51. The highest BCUT2D eigenvalue weighted by atomic mass is 16.5. The van der Waals surface area contributed by atoms with Crippen molar-refractivity contribution in [3.05, 3.63) is 0 Å². The van der Waals surface area contributed by atoms with Crippen LogP contribution in [0.4, 0.5) is 4.79 Å². The van der Waals surface area contributed by atoms with Crippen LogP contribution in [0.2, 0.25) is 0 Å². The van der Waals surface area contributed by atoms with Gasteiger partial charge in [0.2, 0.25) is 0 Å². The number of aliphatic hydroxyl groups excluding tert-OH is 1. The molecule has 3 aliphatic rings. The van der Waals surface area contributed by atoms with Gasteiger partial charge in [-0.15, -0.1) is 0 Å². The van der Waals surface area contributed by atoms with Gasteiger partial charge in [-0.05, 0) is 44.4 Å². The van der Waals surface area contributed by atoms with E-state index in [0.29, 0.717) is 25.2 Å². The third-order valence-electron chi connectivity index (χ3n) is 5.03. The number of hydrogen-bond acceptors (Lipinski definition) is 4. The van der Waals surface area contributed by atoms with Crippen molar-refractivity contribution >= 4 is 6.03 Å². The predicted molar refractivity (Wildman–Crippen MR) is 83.7 cm³/mol. The van der Waals surface area contributed by atoms with E-state index in [9.17, 15) is 9.90 Å². The maximum absolute atomic E-state index is 11.7. The zero-order valence-electron chi connectivity index (χ0n) is 13.3. The highest BCUT2D eigenvalue weighted by Crippen LogP contribution is 2.28. The molecule has 2 amide bonds. The van der Waals surface area contributed by atoms with Gasteiger partial charge in [-0.2, -0.15) is 0 Å². The molecule has 22 heavy (non-hydrogen) atoms. The van der Waals surface area contributed by atoms with Crippen LogP contribution >= 0.6 is 0 Å². The second kappa shape index (κ2) is 7.62. The minimum atomic E-state index is -0.416. The van der Waals surface area contributed by atoms with Crippen LogP contribution in [0.25, 0.3) is 0 Å². The Labute approximate surface area is 132 Å². The molecule has 2 aliphatic carbocycles. The van der Waals surface area contributed by atoms with Crippen molar-refractivity contribution in [3.8, 4) is 0 Å². The molecule has 1 atom stereocenters. The number of amides is 2. The smallest absolute Gasteiger partial charge is 0.317 e. The molecule has 6 nitrogen and oxygen atoms in total. The molecule has 3 fully saturated rings. The molecular formula is C16H29N3O3. The van der Waals surface area contributed by atoms with Gasteiger partial charge in [0.05, 0.1) is 12.7 Å². The summed E-state index contributed by atoms with van der Waals surface area (Å²) in [7, 11) is 0. The van der Waals surface area contributed by atoms with Gasteiger partial charge in [0.15, 0.2) is 0 Å². The molecule has 0 aromatic carbocycles. The molecule has 1 heterocycles. The molecule has 0 spiro atoms. The molecular weight excluding hydrogens is 282 g/mol. The highest BCUT2D eigenvalue weighted by Gasteiger charge is 2.31. The van der Waals surface area contributed by atoms with Crippen LogP contribution in [0.5, 0.6) is 0 Å². The largest absolute Gasteiger partial charge is 0.389 e. The van der Waals surface area contributed by atoms with Crippen LogP contribution in [-0.4, -0.2) is 67.1 Å². The lowest BCUT2D eigenvalue weighted by molar-refractivity contribution is 0.0302. The summed E-state index contributed by atoms with van der Waals surface area (Å²) in [4.78, 5) is 13.7. The van der Waals surface area contributed by atoms with Crippen LogP contribution in [0.3, 0.4) is 0 Å². The van der Waals surface area contributed by atoms with Gasteiger partial charge in [-0.1, -0.05) is 0 Å². The molecule has 1 unspecified atom stereocenters. The van der Waals surface area contributed by atoms with Crippen LogP contribution in [0, 0.1) is 5.92 Å². The Morgan fingerprint density at radius 1 is 1.27 bits per heavy atom. The van der Waals surface area contributed by atoms with Crippen molar-refractivity contribution in [1.29, 1.82) is 0 Å². The first-order valence-electron chi connectivity index (χ1n) is 8.76. The highest BCUT2D eigenvalue weighted by molar-refractivity contribution is 5.76. The average Bonchev–Trinajstić information content (AvgIpc) is 3.25. The number of carbonyl (C=O) groups excluding carboxylic acids is 1. The second-order valence-electron chi connectivity index (χ2n) is 6.97. The van der Waals surface area contributed by atoms with Gasteiger partial charge >= 0.3 is 6.03 Å². The van der Waals surface area contributed by atoms with E-state index >= 15 is 0 Å². The number of rotatable bonds is 8. The zero-order chi connectivity index (χ0) is 15.4. The summed E-state index contributed by atoms with van der Waals surface area (Å²) in [6, 6.07) is 0.951. The maximum atomic E-state index is 11.7.